The minimum absolute atomic E-state index is 0.0835. The van der Waals surface area contributed by atoms with Crippen molar-refractivity contribution in [2.75, 3.05) is 13.7 Å². The van der Waals surface area contributed by atoms with Gasteiger partial charge in [0.15, 0.2) is 0 Å². The molecule has 2 aliphatic heterocycles. The van der Waals surface area contributed by atoms with Crippen molar-refractivity contribution in [1.82, 2.24) is 9.47 Å². The third kappa shape index (κ3) is 3.45. The number of halogens is 1. The predicted octanol–water partition coefficient (Wildman–Crippen LogP) is 3.11. The summed E-state index contributed by atoms with van der Waals surface area (Å²) < 4.78 is 19.4. The summed E-state index contributed by atoms with van der Waals surface area (Å²) in [7, 11) is 1.05. The summed E-state index contributed by atoms with van der Waals surface area (Å²) in [6.45, 7) is 9.81. The van der Waals surface area contributed by atoms with Crippen LogP contribution < -0.4 is 10.2 Å². The highest BCUT2D eigenvalue weighted by molar-refractivity contribution is 6.66. The van der Waals surface area contributed by atoms with Crippen molar-refractivity contribution in [3.63, 3.8) is 0 Å². The van der Waals surface area contributed by atoms with Gasteiger partial charge >= 0.3 is 7.12 Å². The minimum Gasteiger partial charge on any atom is -0.497 e. The molecule has 1 aromatic carbocycles. The molecule has 0 N–H and O–H groups in total. The SMILES string of the molecule is COc1ccc(CN2CCn3cc(B4OC(C)(C)C(C)(C)O4)c(Cl)c3C2=O)cc1. The molecule has 0 spiro atoms. The number of methoxy groups -OCH3 is 1. The Morgan fingerprint density at radius 2 is 1.72 bits per heavy atom. The first-order valence-corrected chi connectivity index (χ1v) is 10.2. The third-order valence-electron chi connectivity index (χ3n) is 6.18. The van der Waals surface area contributed by atoms with E-state index in [-0.39, 0.29) is 5.91 Å². The van der Waals surface area contributed by atoms with E-state index >= 15 is 0 Å². The van der Waals surface area contributed by atoms with Crippen LogP contribution in [-0.4, -0.2) is 47.3 Å². The van der Waals surface area contributed by atoms with Crippen LogP contribution in [0.15, 0.2) is 30.5 Å². The van der Waals surface area contributed by atoms with E-state index in [9.17, 15) is 4.79 Å². The topological polar surface area (TPSA) is 52.9 Å². The zero-order valence-electron chi connectivity index (χ0n) is 17.5. The lowest BCUT2D eigenvalue weighted by atomic mass is 9.81. The average molecular weight is 417 g/mol. The van der Waals surface area contributed by atoms with Crippen LogP contribution in [0.4, 0.5) is 0 Å². The zero-order chi connectivity index (χ0) is 21.0. The van der Waals surface area contributed by atoms with Gasteiger partial charge in [-0.1, -0.05) is 23.7 Å². The molecule has 3 heterocycles. The number of rotatable bonds is 4. The molecule has 0 atom stereocenters. The van der Waals surface area contributed by atoms with Crippen LogP contribution in [0.1, 0.15) is 43.7 Å². The number of fused-ring (bicyclic) bond motifs is 1. The van der Waals surface area contributed by atoms with E-state index in [4.69, 9.17) is 25.6 Å². The molecule has 0 saturated carbocycles. The van der Waals surface area contributed by atoms with E-state index in [0.29, 0.717) is 35.8 Å². The Kier molecular flexibility index (Phi) is 4.96. The van der Waals surface area contributed by atoms with Crippen LogP contribution in [-0.2, 0) is 22.4 Å². The van der Waals surface area contributed by atoms with Crippen LogP contribution >= 0.6 is 11.6 Å². The van der Waals surface area contributed by atoms with E-state index in [0.717, 1.165) is 11.3 Å². The standard InChI is InChI=1S/C21H26BClN2O4/c1-20(2)21(3,4)29-22(28-20)16-13-24-10-11-25(19(26)18(24)17(16)23)12-14-6-8-15(27-5)9-7-14/h6-9,13H,10-12H2,1-5H3. The molecule has 1 saturated heterocycles. The second kappa shape index (κ2) is 7.08. The van der Waals surface area contributed by atoms with Crippen molar-refractivity contribution in [3.05, 3.63) is 46.7 Å². The van der Waals surface area contributed by atoms with Crippen molar-refractivity contribution in [1.29, 1.82) is 0 Å². The maximum Gasteiger partial charge on any atom is 0.497 e. The normalized spacial score (nSPS) is 20.1. The van der Waals surface area contributed by atoms with Gasteiger partial charge < -0.3 is 23.5 Å². The Balaban J connectivity index is 1.57. The smallest absolute Gasteiger partial charge is 0.497 e. The molecule has 0 aliphatic carbocycles. The number of hydrogen-bond acceptors (Lipinski definition) is 4. The van der Waals surface area contributed by atoms with Crippen LogP contribution in [0.5, 0.6) is 5.75 Å². The molecule has 1 fully saturated rings. The third-order valence-corrected chi connectivity index (χ3v) is 6.58. The largest absolute Gasteiger partial charge is 0.497 e. The Bertz CT molecular complexity index is 923. The number of nitrogens with zero attached hydrogens (tertiary/aromatic N) is 2. The van der Waals surface area contributed by atoms with E-state index in [1.165, 1.54) is 0 Å². The minimum atomic E-state index is -0.589. The molecule has 1 aromatic heterocycles. The number of carbonyl (C=O) groups is 1. The quantitative estimate of drug-likeness (QED) is 0.719. The molecular weight excluding hydrogens is 391 g/mol. The number of amides is 1. The molecule has 29 heavy (non-hydrogen) atoms. The fraction of sp³-hybridized carbons (Fsp3) is 0.476. The molecule has 0 radical (unpaired) electrons. The first kappa shape index (κ1) is 20.3. The van der Waals surface area contributed by atoms with Crippen molar-refractivity contribution < 1.29 is 18.8 Å². The molecule has 8 heteroatoms. The van der Waals surface area contributed by atoms with Gasteiger partial charge in [0.1, 0.15) is 11.4 Å². The van der Waals surface area contributed by atoms with Gasteiger partial charge in [-0.2, -0.15) is 0 Å². The van der Waals surface area contributed by atoms with Gasteiger partial charge in [0.05, 0.1) is 23.3 Å². The molecule has 4 rings (SSSR count). The summed E-state index contributed by atoms with van der Waals surface area (Å²) in [5.41, 5.74) is 1.32. The lowest BCUT2D eigenvalue weighted by molar-refractivity contribution is 0.00578. The number of ether oxygens (including phenoxy) is 1. The number of benzene rings is 1. The van der Waals surface area contributed by atoms with Gasteiger partial charge in [-0.05, 0) is 45.4 Å². The molecular formula is C21H26BClN2O4. The van der Waals surface area contributed by atoms with Crippen molar-refractivity contribution in [3.8, 4) is 5.75 Å². The predicted molar refractivity (Wildman–Crippen MR) is 113 cm³/mol. The van der Waals surface area contributed by atoms with Gasteiger partial charge in [0.25, 0.3) is 5.91 Å². The van der Waals surface area contributed by atoms with Gasteiger partial charge in [-0.15, -0.1) is 0 Å². The Morgan fingerprint density at radius 1 is 1.10 bits per heavy atom. The summed E-state index contributed by atoms with van der Waals surface area (Å²) in [4.78, 5) is 15.0. The van der Waals surface area contributed by atoms with E-state index in [2.05, 4.69) is 0 Å². The first-order chi connectivity index (χ1) is 13.6. The van der Waals surface area contributed by atoms with E-state index in [1.54, 1.807) is 7.11 Å². The number of hydrogen-bond donors (Lipinski definition) is 0. The zero-order valence-corrected chi connectivity index (χ0v) is 18.2. The van der Waals surface area contributed by atoms with Crippen LogP contribution in [0.25, 0.3) is 0 Å². The van der Waals surface area contributed by atoms with Crippen LogP contribution in [0.3, 0.4) is 0 Å². The molecule has 2 aromatic rings. The van der Waals surface area contributed by atoms with Gasteiger partial charge in [0.2, 0.25) is 0 Å². The molecule has 1 amide bonds. The summed E-state index contributed by atoms with van der Waals surface area (Å²) in [5.74, 6) is 0.711. The lowest BCUT2D eigenvalue weighted by Gasteiger charge is -2.32. The fourth-order valence-corrected chi connectivity index (χ4v) is 3.99. The monoisotopic (exact) mass is 416 g/mol. The first-order valence-electron chi connectivity index (χ1n) is 9.79. The second-order valence-corrected chi connectivity index (χ2v) is 8.98. The van der Waals surface area contributed by atoms with Gasteiger partial charge in [-0.3, -0.25) is 4.79 Å². The maximum absolute atomic E-state index is 13.2. The second-order valence-electron chi connectivity index (χ2n) is 8.60. The molecule has 2 aliphatic rings. The van der Waals surface area contributed by atoms with E-state index in [1.807, 2.05) is 67.6 Å². The molecule has 0 unspecified atom stereocenters. The van der Waals surface area contributed by atoms with Gasteiger partial charge in [0, 0.05) is 31.3 Å². The Morgan fingerprint density at radius 3 is 2.31 bits per heavy atom. The van der Waals surface area contributed by atoms with Crippen molar-refractivity contribution in [2.45, 2.75) is 52.0 Å². The maximum atomic E-state index is 13.2. The highest BCUT2D eigenvalue weighted by Crippen LogP contribution is 2.37. The van der Waals surface area contributed by atoms with Crippen LogP contribution in [0.2, 0.25) is 5.02 Å². The van der Waals surface area contributed by atoms with Crippen molar-refractivity contribution >= 4 is 30.1 Å². The summed E-state index contributed by atoms with van der Waals surface area (Å²) >= 11 is 6.67. The van der Waals surface area contributed by atoms with E-state index < -0.39 is 18.3 Å². The Hall–Kier alpha value is -1.96. The summed E-state index contributed by atoms with van der Waals surface area (Å²) in [6.07, 6.45) is 1.89. The lowest BCUT2D eigenvalue weighted by Crippen LogP contribution is -2.41. The average Bonchev–Trinajstić information content (AvgIpc) is 3.11. The molecule has 154 valence electrons. The number of carbonyl (C=O) groups excluding carboxylic acids is 1. The number of aromatic nitrogens is 1. The highest BCUT2D eigenvalue weighted by Gasteiger charge is 2.53. The summed E-state index contributed by atoms with van der Waals surface area (Å²) in [6, 6.07) is 7.74. The highest BCUT2D eigenvalue weighted by atomic mass is 35.5. The summed E-state index contributed by atoms with van der Waals surface area (Å²) in [5, 5.41) is 0.410. The Labute approximate surface area is 176 Å². The van der Waals surface area contributed by atoms with Gasteiger partial charge in [-0.25, -0.2) is 0 Å². The van der Waals surface area contributed by atoms with Crippen molar-refractivity contribution in [2.24, 2.45) is 0 Å². The molecule has 0 bridgehead atoms. The van der Waals surface area contributed by atoms with Crippen LogP contribution in [0, 0.1) is 0 Å². The molecule has 6 nitrogen and oxygen atoms in total. The fourth-order valence-electron chi connectivity index (χ4n) is 3.66.